The zero-order valence-corrected chi connectivity index (χ0v) is 11.7. The maximum Gasteiger partial charge on any atom is 0.194 e. The van der Waals surface area contributed by atoms with Gasteiger partial charge in [0.2, 0.25) is 0 Å². The lowest BCUT2D eigenvalue weighted by molar-refractivity contribution is 0.435. The summed E-state index contributed by atoms with van der Waals surface area (Å²) in [4.78, 5) is 0.814. The average molecular weight is 336 g/mol. The fraction of sp³-hybridized carbons (Fsp3) is 0.167. The molecule has 0 spiro atoms. The maximum absolute atomic E-state index is 13.7. The van der Waals surface area contributed by atoms with Gasteiger partial charge in [0.05, 0.1) is 6.04 Å². The van der Waals surface area contributed by atoms with Gasteiger partial charge in [-0.1, -0.05) is 6.07 Å². The molecular formula is C12H9BrF3NS. The first-order valence-electron chi connectivity index (χ1n) is 5.09. The molecule has 1 aromatic heterocycles. The quantitative estimate of drug-likeness (QED) is 0.827. The monoisotopic (exact) mass is 335 g/mol. The fourth-order valence-corrected chi connectivity index (χ4v) is 3.27. The van der Waals surface area contributed by atoms with Crippen LogP contribution in [0.1, 0.15) is 16.5 Å². The van der Waals surface area contributed by atoms with Crippen molar-refractivity contribution in [1.82, 2.24) is 5.32 Å². The summed E-state index contributed by atoms with van der Waals surface area (Å²) in [6.07, 6.45) is 0. The van der Waals surface area contributed by atoms with Gasteiger partial charge < -0.3 is 5.32 Å². The number of benzene rings is 1. The molecule has 1 N–H and O–H groups in total. The summed E-state index contributed by atoms with van der Waals surface area (Å²) in [6.45, 7) is 0. The van der Waals surface area contributed by atoms with Crippen molar-refractivity contribution in [3.8, 4) is 0 Å². The lowest BCUT2D eigenvalue weighted by Gasteiger charge is -2.16. The number of thiophene rings is 1. The Morgan fingerprint density at radius 1 is 1.22 bits per heavy atom. The van der Waals surface area contributed by atoms with Gasteiger partial charge in [-0.25, -0.2) is 13.2 Å². The van der Waals surface area contributed by atoms with E-state index in [4.69, 9.17) is 0 Å². The summed E-state index contributed by atoms with van der Waals surface area (Å²) in [5.41, 5.74) is 0.0887. The molecular weight excluding hydrogens is 327 g/mol. The van der Waals surface area contributed by atoms with Gasteiger partial charge in [0.15, 0.2) is 17.5 Å². The molecule has 18 heavy (non-hydrogen) atoms. The predicted octanol–water partition coefficient (Wildman–Crippen LogP) is 4.24. The molecule has 0 aliphatic rings. The van der Waals surface area contributed by atoms with E-state index >= 15 is 0 Å². The van der Waals surface area contributed by atoms with E-state index < -0.39 is 23.5 Å². The molecule has 2 aromatic rings. The van der Waals surface area contributed by atoms with Crippen LogP contribution in [0, 0.1) is 17.5 Å². The number of nitrogens with one attached hydrogen (secondary N) is 1. The third-order valence-electron chi connectivity index (χ3n) is 2.54. The third-order valence-corrected chi connectivity index (χ3v) is 4.30. The summed E-state index contributed by atoms with van der Waals surface area (Å²) >= 11 is 4.71. The van der Waals surface area contributed by atoms with Crippen LogP contribution in [0.3, 0.4) is 0 Å². The molecule has 0 bridgehead atoms. The number of hydrogen-bond donors (Lipinski definition) is 1. The van der Waals surface area contributed by atoms with E-state index in [-0.39, 0.29) is 5.56 Å². The molecule has 1 nitrogen and oxygen atoms in total. The van der Waals surface area contributed by atoms with Gasteiger partial charge in [-0.2, -0.15) is 0 Å². The molecule has 0 aliphatic heterocycles. The topological polar surface area (TPSA) is 12.0 Å². The second-order valence-corrected chi connectivity index (χ2v) is 5.51. The van der Waals surface area contributed by atoms with Gasteiger partial charge in [0.1, 0.15) is 0 Å². The highest BCUT2D eigenvalue weighted by Gasteiger charge is 2.22. The van der Waals surface area contributed by atoms with Gasteiger partial charge >= 0.3 is 0 Å². The Balaban J connectivity index is 2.49. The van der Waals surface area contributed by atoms with Crippen LogP contribution in [0.4, 0.5) is 13.2 Å². The standard InChI is InChI=1S/C12H9BrF3NS/c1-17-12(9-4-6(13)5-18-9)7-2-3-8(14)11(16)10(7)15/h2-5,12,17H,1H3. The second kappa shape index (κ2) is 5.42. The Bertz CT molecular complexity index is 570. The van der Waals surface area contributed by atoms with Gasteiger partial charge in [-0.15, -0.1) is 11.3 Å². The first-order valence-corrected chi connectivity index (χ1v) is 6.76. The highest BCUT2D eigenvalue weighted by Crippen LogP contribution is 2.32. The Kier molecular flexibility index (Phi) is 4.09. The third kappa shape index (κ3) is 2.46. The summed E-state index contributed by atoms with van der Waals surface area (Å²) in [5, 5.41) is 4.74. The van der Waals surface area contributed by atoms with Crippen LogP contribution in [0.15, 0.2) is 28.1 Å². The fourth-order valence-electron chi connectivity index (χ4n) is 1.69. The summed E-state index contributed by atoms with van der Waals surface area (Å²) in [6, 6.07) is 3.49. The van der Waals surface area contributed by atoms with E-state index in [1.54, 1.807) is 7.05 Å². The van der Waals surface area contributed by atoms with Crippen LogP contribution >= 0.6 is 27.3 Å². The molecule has 0 amide bonds. The van der Waals surface area contributed by atoms with Gasteiger partial charge in [0.25, 0.3) is 0 Å². The molecule has 1 unspecified atom stereocenters. The van der Waals surface area contributed by atoms with Crippen LogP contribution in [0.2, 0.25) is 0 Å². The van der Waals surface area contributed by atoms with Crippen molar-refractivity contribution in [3.05, 3.63) is 55.9 Å². The summed E-state index contributed by atoms with van der Waals surface area (Å²) in [5.74, 6) is -3.78. The summed E-state index contributed by atoms with van der Waals surface area (Å²) < 4.78 is 40.7. The Labute approximate surface area is 115 Å². The minimum absolute atomic E-state index is 0.0887. The van der Waals surface area contributed by atoms with E-state index in [0.717, 1.165) is 15.4 Å². The first-order chi connectivity index (χ1) is 8.54. The van der Waals surface area contributed by atoms with Gasteiger partial charge in [0, 0.05) is 20.3 Å². The van der Waals surface area contributed by atoms with Crippen molar-refractivity contribution in [2.24, 2.45) is 0 Å². The molecule has 1 heterocycles. The van der Waals surface area contributed by atoms with Crippen LogP contribution in [-0.2, 0) is 0 Å². The minimum atomic E-state index is -1.44. The lowest BCUT2D eigenvalue weighted by Crippen LogP contribution is -2.18. The van der Waals surface area contributed by atoms with Crippen molar-refractivity contribution < 1.29 is 13.2 Å². The molecule has 1 atom stereocenters. The largest absolute Gasteiger partial charge is 0.309 e. The molecule has 0 aliphatic carbocycles. The molecule has 0 saturated heterocycles. The Hall–Kier alpha value is -0.850. The van der Waals surface area contributed by atoms with E-state index in [9.17, 15) is 13.2 Å². The second-order valence-electron chi connectivity index (χ2n) is 3.65. The van der Waals surface area contributed by atoms with Gasteiger partial charge in [-0.05, 0) is 35.1 Å². The predicted molar refractivity (Wildman–Crippen MR) is 69.2 cm³/mol. The Morgan fingerprint density at radius 3 is 2.50 bits per heavy atom. The van der Waals surface area contributed by atoms with Crippen molar-refractivity contribution in [1.29, 1.82) is 0 Å². The molecule has 1 aromatic carbocycles. The lowest BCUT2D eigenvalue weighted by atomic mass is 10.0. The summed E-state index contributed by atoms with van der Waals surface area (Å²) in [7, 11) is 1.64. The molecule has 6 heteroatoms. The van der Waals surface area contributed by atoms with Gasteiger partial charge in [-0.3, -0.25) is 0 Å². The first kappa shape index (κ1) is 13.6. The number of halogens is 4. The smallest absolute Gasteiger partial charge is 0.194 e. The van der Waals surface area contributed by atoms with E-state index in [0.29, 0.717) is 0 Å². The van der Waals surface area contributed by atoms with Crippen LogP contribution in [-0.4, -0.2) is 7.05 Å². The number of rotatable bonds is 3. The number of hydrogen-bond acceptors (Lipinski definition) is 2. The molecule has 2 rings (SSSR count). The maximum atomic E-state index is 13.7. The Morgan fingerprint density at radius 2 is 1.94 bits per heavy atom. The normalized spacial score (nSPS) is 12.7. The molecule has 0 fully saturated rings. The van der Waals surface area contributed by atoms with E-state index in [1.807, 2.05) is 11.4 Å². The average Bonchev–Trinajstić information content (AvgIpc) is 2.77. The minimum Gasteiger partial charge on any atom is -0.309 e. The van der Waals surface area contributed by atoms with Crippen molar-refractivity contribution in [3.63, 3.8) is 0 Å². The van der Waals surface area contributed by atoms with Crippen LogP contribution in [0.25, 0.3) is 0 Å². The molecule has 96 valence electrons. The van der Waals surface area contributed by atoms with Crippen LogP contribution < -0.4 is 5.32 Å². The SMILES string of the molecule is CNC(c1cc(Br)cs1)c1ccc(F)c(F)c1F. The van der Waals surface area contributed by atoms with Crippen molar-refractivity contribution in [2.45, 2.75) is 6.04 Å². The van der Waals surface area contributed by atoms with Crippen molar-refractivity contribution in [2.75, 3.05) is 7.05 Å². The molecule has 0 saturated carbocycles. The molecule has 0 radical (unpaired) electrons. The highest BCUT2D eigenvalue weighted by atomic mass is 79.9. The van der Waals surface area contributed by atoms with E-state index in [1.165, 1.54) is 17.4 Å². The highest BCUT2D eigenvalue weighted by molar-refractivity contribution is 9.10. The van der Waals surface area contributed by atoms with Crippen LogP contribution in [0.5, 0.6) is 0 Å². The van der Waals surface area contributed by atoms with E-state index in [2.05, 4.69) is 21.2 Å². The zero-order valence-electron chi connectivity index (χ0n) is 9.31. The zero-order chi connectivity index (χ0) is 13.3. The van der Waals surface area contributed by atoms with Crippen molar-refractivity contribution >= 4 is 27.3 Å².